The van der Waals surface area contributed by atoms with Crippen LogP contribution >= 0.6 is 8.86 Å². The van der Waals surface area contributed by atoms with Crippen molar-refractivity contribution >= 4 is 28.2 Å². The summed E-state index contributed by atoms with van der Waals surface area (Å²) in [5.41, 5.74) is 4.87. The first kappa shape index (κ1) is 12.9. The van der Waals surface area contributed by atoms with Crippen LogP contribution in [0.2, 0.25) is 19.6 Å². The number of nitrogens with zero attached hydrogens (tertiary/aromatic N) is 2. The molecule has 0 saturated carbocycles. The first-order chi connectivity index (χ1) is 7.37. The minimum absolute atomic E-state index is 0.714. The summed E-state index contributed by atoms with van der Waals surface area (Å²) in [6, 6.07) is 3.74. The summed E-state index contributed by atoms with van der Waals surface area (Å²) >= 11 is 0. The Balaban J connectivity index is 2.78. The normalized spacial score (nSPS) is 10.2. The average Bonchev–Trinajstić information content (AvgIpc) is 2.14. The highest BCUT2D eigenvalue weighted by molar-refractivity contribution is 7.21. The van der Waals surface area contributed by atoms with E-state index in [1.165, 1.54) is 0 Å². The monoisotopic (exact) mass is 249 g/mol. The smallest absolute Gasteiger partial charge is 0.153 e. The van der Waals surface area contributed by atoms with Crippen molar-refractivity contribution in [3.63, 3.8) is 0 Å². The van der Waals surface area contributed by atoms with Gasteiger partial charge in [0.05, 0.1) is 0 Å². The van der Waals surface area contributed by atoms with Crippen LogP contribution in [0.25, 0.3) is 0 Å². The maximum Gasteiger partial charge on any atom is 0.153 e. The third-order valence-corrected chi connectivity index (χ3v) is 2.55. The molecule has 0 atom stereocenters. The molecule has 3 nitrogen and oxygen atoms in total. The van der Waals surface area contributed by atoms with E-state index in [9.17, 15) is 0 Å². The Bertz CT molecular complexity index is 437. The van der Waals surface area contributed by atoms with Crippen LogP contribution in [-0.2, 0) is 0 Å². The van der Waals surface area contributed by atoms with Gasteiger partial charge in [0.15, 0.2) is 5.82 Å². The van der Waals surface area contributed by atoms with Gasteiger partial charge in [-0.15, -0.1) is 24.6 Å². The van der Waals surface area contributed by atoms with Crippen molar-refractivity contribution in [1.29, 1.82) is 0 Å². The van der Waals surface area contributed by atoms with Gasteiger partial charge in [-0.05, 0) is 19.1 Å². The summed E-state index contributed by atoms with van der Waals surface area (Å²) < 4.78 is 0. The van der Waals surface area contributed by atoms with Gasteiger partial charge in [0, 0.05) is 5.42 Å². The lowest BCUT2D eigenvalue weighted by molar-refractivity contribution is 1.02. The molecule has 0 amide bonds. The number of aromatic nitrogens is 2. The van der Waals surface area contributed by atoms with Gasteiger partial charge in [-0.25, -0.2) is 0 Å². The van der Waals surface area contributed by atoms with E-state index in [1.807, 2.05) is 19.1 Å². The molecule has 1 rings (SSSR count). The van der Waals surface area contributed by atoms with Crippen molar-refractivity contribution in [3.05, 3.63) is 17.8 Å². The molecule has 0 saturated heterocycles. The Morgan fingerprint density at radius 3 is 2.44 bits per heavy atom. The minimum Gasteiger partial charge on any atom is -0.339 e. The van der Waals surface area contributed by atoms with Crippen LogP contribution in [0, 0.1) is 11.5 Å². The summed E-state index contributed by atoms with van der Waals surface area (Å²) in [7, 11) is 2.01. The average molecular weight is 249 g/mol. The number of anilines is 1. The lowest BCUT2D eigenvalue weighted by Gasteiger charge is -2.03. The van der Waals surface area contributed by atoms with E-state index in [2.05, 4.69) is 55.5 Å². The van der Waals surface area contributed by atoms with Crippen molar-refractivity contribution < 1.29 is 0 Å². The fourth-order valence-electron chi connectivity index (χ4n) is 0.909. The third kappa shape index (κ3) is 5.06. The van der Waals surface area contributed by atoms with Crippen molar-refractivity contribution in [3.8, 4) is 11.5 Å². The second-order valence-corrected chi connectivity index (χ2v) is 10.1. The molecule has 0 fully saturated rings. The lowest BCUT2D eigenvalue weighted by Crippen LogP contribution is -2.16. The fourth-order valence-corrected chi connectivity index (χ4v) is 1.54. The quantitative estimate of drug-likeness (QED) is 0.497. The SMILES string of the molecule is CC(=P)Nc1ccc(C#C[Si](C)(C)C)nn1. The van der Waals surface area contributed by atoms with Gasteiger partial charge >= 0.3 is 0 Å². The molecule has 1 N–H and O–H groups in total. The summed E-state index contributed by atoms with van der Waals surface area (Å²) in [4.78, 5) is 0. The zero-order chi connectivity index (χ0) is 12.2. The van der Waals surface area contributed by atoms with Crippen LogP contribution in [0.3, 0.4) is 0 Å². The maximum atomic E-state index is 4.04. The number of nitrogens with one attached hydrogen (secondary N) is 1. The molecule has 5 heteroatoms. The van der Waals surface area contributed by atoms with Crippen molar-refractivity contribution in [1.82, 2.24) is 10.2 Å². The zero-order valence-corrected chi connectivity index (χ0v) is 12.0. The molecular weight excluding hydrogens is 233 g/mol. The van der Waals surface area contributed by atoms with Crippen LogP contribution in [0.5, 0.6) is 0 Å². The van der Waals surface area contributed by atoms with Crippen LogP contribution < -0.4 is 5.32 Å². The first-order valence-corrected chi connectivity index (χ1v) is 9.06. The first-order valence-electron chi connectivity index (χ1n) is 5.06. The van der Waals surface area contributed by atoms with Gasteiger partial charge in [-0.3, -0.25) is 0 Å². The number of hydrogen-bond acceptors (Lipinski definition) is 2. The largest absolute Gasteiger partial charge is 0.339 e. The van der Waals surface area contributed by atoms with Crippen molar-refractivity contribution in [2.45, 2.75) is 26.6 Å². The van der Waals surface area contributed by atoms with Crippen LogP contribution in [-0.4, -0.2) is 23.7 Å². The Morgan fingerprint density at radius 2 is 2.00 bits per heavy atom. The summed E-state index contributed by atoms with van der Waals surface area (Å²) in [6.07, 6.45) is 0. The van der Waals surface area contributed by atoms with E-state index in [-0.39, 0.29) is 0 Å². The van der Waals surface area contributed by atoms with Gasteiger partial charge in [0.1, 0.15) is 13.8 Å². The van der Waals surface area contributed by atoms with E-state index < -0.39 is 8.07 Å². The predicted octanol–water partition coefficient (Wildman–Crippen LogP) is 2.41. The van der Waals surface area contributed by atoms with E-state index >= 15 is 0 Å². The molecule has 16 heavy (non-hydrogen) atoms. The van der Waals surface area contributed by atoms with E-state index in [1.54, 1.807) is 0 Å². The molecule has 0 aliphatic carbocycles. The molecular formula is C11H16N3PSi. The van der Waals surface area contributed by atoms with Gasteiger partial charge < -0.3 is 5.32 Å². The molecule has 0 bridgehead atoms. The molecule has 1 heterocycles. The Morgan fingerprint density at radius 1 is 1.31 bits per heavy atom. The standard InChI is InChI=1S/C11H16N3PSi/c1-9(15)12-11-6-5-10(13-14-11)7-8-16(2,3)4/h5-6,15H,1-4H3,(H,12,14). The summed E-state index contributed by atoms with van der Waals surface area (Å²) in [5.74, 6) is 3.77. The van der Waals surface area contributed by atoms with Crippen LogP contribution in [0.4, 0.5) is 5.82 Å². The second-order valence-electron chi connectivity index (χ2n) is 4.55. The molecule has 0 aliphatic heterocycles. The topological polar surface area (TPSA) is 37.8 Å². The molecule has 0 spiro atoms. The third-order valence-electron chi connectivity index (χ3n) is 1.55. The highest BCUT2D eigenvalue weighted by atomic mass is 31.0. The molecule has 1 aromatic heterocycles. The van der Waals surface area contributed by atoms with E-state index in [0.29, 0.717) is 5.82 Å². The molecule has 0 unspecified atom stereocenters. The van der Waals surface area contributed by atoms with Crippen LogP contribution in [0.15, 0.2) is 12.1 Å². The Hall–Kier alpha value is -1.17. The fraction of sp³-hybridized carbons (Fsp3) is 0.364. The molecule has 0 aliphatic rings. The van der Waals surface area contributed by atoms with E-state index in [4.69, 9.17) is 0 Å². The Kier molecular flexibility index (Phi) is 4.23. The highest BCUT2D eigenvalue weighted by Crippen LogP contribution is 2.02. The van der Waals surface area contributed by atoms with Gasteiger partial charge in [-0.2, -0.15) is 0 Å². The summed E-state index contributed by atoms with van der Waals surface area (Å²) in [6.45, 7) is 8.50. The maximum absolute atomic E-state index is 4.04. The van der Waals surface area contributed by atoms with E-state index in [0.717, 1.165) is 11.1 Å². The van der Waals surface area contributed by atoms with Gasteiger partial charge in [0.2, 0.25) is 0 Å². The molecule has 1 aromatic rings. The number of rotatable bonds is 2. The van der Waals surface area contributed by atoms with Crippen molar-refractivity contribution in [2.75, 3.05) is 5.32 Å². The molecule has 84 valence electrons. The molecule has 0 aromatic carbocycles. The van der Waals surface area contributed by atoms with Crippen LogP contribution in [0.1, 0.15) is 12.6 Å². The lowest BCUT2D eigenvalue weighted by atomic mass is 10.4. The summed E-state index contributed by atoms with van der Waals surface area (Å²) in [5, 5.41) is 11.1. The second kappa shape index (κ2) is 5.24. The van der Waals surface area contributed by atoms with Gasteiger partial charge in [0.25, 0.3) is 0 Å². The van der Waals surface area contributed by atoms with Crippen molar-refractivity contribution in [2.24, 2.45) is 0 Å². The predicted molar refractivity (Wildman–Crippen MR) is 74.9 cm³/mol. The van der Waals surface area contributed by atoms with Gasteiger partial charge in [-0.1, -0.05) is 25.6 Å². The molecule has 0 radical (unpaired) electrons. The Labute approximate surface area is 99.9 Å². The number of hydrogen-bond donors (Lipinski definition) is 1. The zero-order valence-electron chi connectivity index (χ0n) is 10.0. The minimum atomic E-state index is -1.34. The highest BCUT2D eigenvalue weighted by Gasteiger charge is 2.07.